The molecule has 2 aromatic rings. The molecule has 0 amide bonds. The van der Waals surface area contributed by atoms with Gasteiger partial charge >= 0.3 is 5.97 Å². The second kappa shape index (κ2) is 6.50. The number of carbonyl (C=O) groups is 1. The number of aliphatic hydroxyl groups excluding tert-OH is 1. The van der Waals surface area contributed by atoms with E-state index >= 15 is 0 Å². The van der Waals surface area contributed by atoms with Crippen LogP contribution in [-0.2, 0) is 11.2 Å². The number of aliphatic hydroxyl groups is 1. The maximum atomic E-state index is 11.6. The number of nitrogens with one attached hydrogen (secondary N) is 2. The van der Waals surface area contributed by atoms with Crippen molar-refractivity contribution in [2.45, 2.75) is 50.3 Å². The molecule has 0 saturated heterocycles. The van der Waals surface area contributed by atoms with Crippen molar-refractivity contribution in [3.05, 3.63) is 36.0 Å². The standard InChI is InChI=1S/C17H22N2O3/c20-16-8-4-3-7-14(16)19-15(17(21)22)9-11-10-18-13-6-2-1-5-12(11)13/h1-2,5-6,10,14-16,18-20H,3-4,7-9H2,(H,21,22)/t14-,15-,16-/m1/s1. The van der Waals surface area contributed by atoms with Crippen molar-refractivity contribution in [2.75, 3.05) is 0 Å². The quantitative estimate of drug-likeness (QED) is 0.681. The molecule has 4 N–H and O–H groups in total. The number of carboxylic acid groups (broad SMARTS) is 1. The second-order valence-electron chi connectivity index (χ2n) is 6.08. The zero-order chi connectivity index (χ0) is 15.5. The number of carboxylic acids is 1. The summed E-state index contributed by atoms with van der Waals surface area (Å²) in [5, 5.41) is 23.7. The number of aliphatic carboxylic acids is 1. The summed E-state index contributed by atoms with van der Waals surface area (Å²) in [4.78, 5) is 14.8. The lowest BCUT2D eigenvalue weighted by atomic mass is 9.91. The van der Waals surface area contributed by atoms with E-state index in [-0.39, 0.29) is 6.04 Å². The molecule has 0 bridgehead atoms. The highest BCUT2D eigenvalue weighted by molar-refractivity contribution is 5.84. The molecule has 118 valence electrons. The fraction of sp³-hybridized carbons (Fsp3) is 0.471. The molecule has 3 atom stereocenters. The summed E-state index contributed by atoms with van der Waals surface area (Å²) in [5.74, 6) is -0.872. The van der Waals surface area contributed by atoms with Gasteiger partial charge in [0.1, 0.15) is 6.04 Å². The van der Waals surface area contributed by atoms with Crippen molar-refractivity contribution >= 4 is 16.9 Å². The number of H-pyrrole nitrogens is 1. The monoisotopic (exact) mass is 302 g/mol. The molecule has 0 radical (unpaired) electrons. The van der Waals surface area contributed by atoms with Gasteiger partial charge in [0.25, 0.3) is 0 Å². The molecule has 5 nitrogen and oxygen atoms in total. The summed E-state index contributed by atoms with van der Waals surface area (Å²) in [7, 11) is 0. The number of para-hydroxylation sites is 1. The number of fused-ring (bicyclic) bond motifs is 1. The normalized spacial score (nSPS) is 23.5. The number of benzene rings is 1. The molecular weight excluding hydrogens is 280 g/mol. The molecule has 1 fully saturated rings. The third kappa shape index (κ3) is 3.15. The molecular formula is C17H22N2O3. The van der Waals surface area contributed by atoms with E-state index in [1.165, 1.54) is 0 Å². The van der Waals surface area contributed by atoms with Crippen molar-refractivity contribution in [3.63, 3.8) is 0 Å². The van der Waals surface area contributed by atoms with E-state index in [0.29, 0.717) is 6.42 Å². The maximum Gasteiger partial charge on any atom is 0.321 e. The van der Waals surface area contributed by atoms with Crippen molar-refractivity contribution in [2.24, 2.45) is 0 Å². The Morgan fingerprint density at radius 3 is 2.86 bits per heavy atom. The number of rotatable bonds is 5. The molecule has 1 saturated carbocycles. The van der Waals surface area contributed by atoms with Crippen LogP contribution < -0.4 is 5.32 Å². The van der Waals surface area contributed by atoms with Crippen LogP contribution in [-0.4, -0.2) is 39.4 Å². The molecule has 0 unspecified atom stereocenters. The Labute approximate surface area is 129 Å². The van der Waals surface area contributed by atoms with E-state index < -0.39 is 18.1 Å². The molecule has 1 aromatic carbocycles. The number of hydrogen-bond acceptors (Lipinski definition) is 3. The van der Waals surface area contributed by atoms with Crippen molar-refractivity contribution in [1.82, 2.24) is 10.3 Å². The van der Waals surface area contributed by atoms with Gasteiger partial charge in [-0.3, -0.25) is 10.1 Å². The van der Waals surface area contributed by atoms with Gasteiger partial charge in [-0.2, -0.15) is 0 Å². The van der Waals surface area contributed by atoms with E-state index in [1.54, 1.807) is 0 Å². The minimum Gasteiger partial charge on any atom is -0.480 e. The van der Waals surface area contributed by atoms with E-state index in [9.17, 15) is 15.0 Å². The second-order valence-corrected chi connectivity index (χ2v) is 6.08. The summed E-state index contributed by atoms with van der Waals surface area (Å²) in [6.45, 7) is 0. The number of aromatic amines is 1. The fourth-order valence-electron chi connectivity index (χ4n) is 3.30. The fourth-order valence-corrected chi connectivity index (χ4v) is 3.30. The maximum absolute atomic E-state index is 11.6. The van der Waals surface area contributed by atoms with Crippen LogP contribution in [0.5, 0.6) is 0 Å². The Hall–Kier alpha value is -1.85. The summed E-state index contributed by atoms with van der Waals surface area (Å²) < 4.78 is 0. The first-order valence-electron chi connectivity index (χ1n) is 7.87. The topological polar surface area (TPSA) is 85.3 Å². The van der Waals surface area contributed by atoms with E-state index in [0.717, 1.165) is 42.1 Å². The summed E-state index contributed by atoms with van der Waals surface area (Å²) >= 11 is 0. The first-order valence-corrected chi connectivity index (χ1v) is 7.87. The Morgan fingerprint density at radius 1 is 1.32 bits per heavy atom. The van der Waals surface area contributed by atoms with E-state index in [2.05, 4.69) is 10.3 Å². The first kappa shape index (κ1) is 15.1. The van der Waals surface area contributed by atoms with Crippen LogP contribution in [0.4, 0.5) is 0 Å². The Morgan fingerprint density at radius 2 is 2.09 bits per heavy atom. The molecule has 5 heteroatoms. The largest absolute Gasteiger partial charge is 0.480 e. The van der Waals surface area contributed by atoms with Gasteiger partial charge in [-0.1, -0.05) is 31.0 Å². The van der Waals surface area contributed by atoms with Crippen LogP contribution in [0.15, 0.2) is 30.5 Å². The Balaban J connectivity index is 1.75. The highest BCUT2D eigenvalue weighted by Gasteiger charge is 2.28. The lowest BCUT2D eigenvalue weighted by molar-refractivity contribution is -0.140. The van der Waals surface area contributed by atoms with Crippen LogP contribution in [0.25, 0.3) is 10.9 Å². The molecule has 1 aliphatic carbocycles. The van der Waals surface area contributed by atoms with Crippen molar-refractivity contribution in [1.29, 1.82) is 0 Å². The zero-order valence-electron chi connectivity index (χ0n) is 12.5. The Bertz CT molecular complexity index is 652. The average Bonchev–Trinajstić information content (AvgIpc) is 2.92. The van der Waals surface area contributed by atoms with Gasteiger partial charge in [0.2, 0.25) is 0 Å². The van der Waals surface area contributed by atoms with Gasteiger partial charge in [0, 0.05) is 29.6 Å². The predicted octanol–water partition coefficient (Wildman–Crippen LogP) is 2.06. The Kier molecular flexibility index (Phi) is 4.45. The minimum atomic E-state index is -0.872. The SMILES string of the molecule is O=C(O)[C@@H](Cc1c[nH]c2ccccc12)N[C@@H]1CCCC[C@H]1O. The van der Waals surface area contributed by atoms with Gasteiger partial charge in [0.15, 0.2) is 0 Å². The van der Waals surface area contributed by atoms with Gasteiger partial charge < -0.3 is 15.2 Å². The van der Waals surface area contributed by atoms with Crippen LogP contribution >= 0.6 is 0 Å². The molecule has 0 aliphatic heterocycles. The molecule has 1 aliphatic rings. The summed E-state index contributed by atoms with van der Waals surface area (Å²) in [6.07, 6.45) is 5.46. The number of hydrogen-bond donors (Lipinski definition) is 4. The van der Waals surface area contributed by atoms with Crippen LogP contribution in [0.3, 0.4) is 0 Å². The van der Waals surface area contributed by atoms with Gasteiger partial charge in [0.05, 0.1) is 6.10 Å². The van der Waals surface area contributed by atoms with Crippen LogP contribution in [0, 0.1) is 0 Å². The molecule has 0 spiro atoms. The molecule has 3 rings (SSSR count). The van der Waals surface area contributed by atoms with Crippen LogP contribution in [0.1, 0.15) is 31.2 Å². The molecule has 1 heterocycles. The summed E-state index contributed by atoms with van der Waals surface area (Å²) in [6, 6.07) is 7.07. The van der Waals surface area contributed by atoms with E-state index in [4.69, 9.17) is 0 Å². The first-order chi connectivity index (χ1) is 10.6. The highest BCUT2D eigenvalue weighted by Crippen LogP contribution is 2.22. The smallest absolute Gasteiger partial charge is 0.321 e. The van der Waals surface area contributed by atoms with Gasteiger partial charge in [-0.15, -0.1) is 0 Å². The number of aromatic nitrogens is 1. The lowest BCUT2D eigenvalue weighted by Gasteiger charge is -2.31. The van der Waals surface area contributed by atoms with Gasteiger partial charge in [-0.05, 0) is 24.5 Å². The van der Waals surface area contributed by atoms with Crippen LogP contribution in [0.2, 0.25) is 0 Å². The molecule has 1 aromatic heterocycles. The van der Waals surface area contributed by atoms with Crippen molar-refractivity contribution in [3.8, 4) is 0 Å². The van der Waals surface area contributed by atoms with E-state index in [1.807, 2.05) is 30.5 Å². The lowest BCUT2D eigenvalue weighted by Crippen LogP contribution is -2.50. The third-order valence-corrected chi connectivity index (χ3v) is 4.54. The summed E-state index contributed by atoms with van der Waals surface area (Å²) in [5.41, 5.74) is 2.00. The van der Waals surface area contributed by atoms with Gasteiger partial charge in [-0.25, -0.2) is 0 Å². The predicted molar refractivity (Wildman–Crippen MR) is 84.8 cm³/mol. The zero-order valence-corrected chi connectivity index (χ0v) is 12.5. The van der Waals surface area contributed by atoms with Crippen molar-refractivity contribution < 1.29 is 15.0 Å². The molecule has 22 heavy (non-hydrogen) atoms. The highest BCUT2D eigenvalue weighted by atomic mass is 16.4. The average molecular weight is 302 g/mol. The minimum absolute atomic E-state index is 0.125. The third-order valence-electron chi connectivity index (χ3n) is 4.54.